The molecule has 1 rings (SSSR count). The Morgan fingerprint density at radius 3 is 2.65 bits per heavy atom. The van der Waals surface area contributed by atoms with Crippen LogP contribution in [-0.2, 0) is 16.6 Å². The van der Waals surface area contributed by atoms with Gasteiger partial charge < -0.3 is 15.0 Å². The van der Waals surface area contributed by atoms with Crippen molar-refractivity contribution in [3.05, 3.63) is 24.0 Å². The highest BCUT2D eigenvalue weighted by atomic mass is 35.5. The van der Waals surface area contributed by atoms with Gasteiger partial charge in [0.15, 0.2) is 0 Å². The van der Waals surface area contributed by atoms with E-state index >= 15 is 0 Å². The van der Waals surface area contributed by atoms with Gasteiger partial charge in [0.05, 0.1) is 6.61 Å². The average Bonchev–Trinajstić information content (AvgIpc) is 2.63. The molecule has 7 heteroatoms. The number of rotatable bonds is 4. The summed E-state index contributed by atoms with van der Waals surface area (Å²) in [5.41, 5.74) is 5.56. The SMILES string of the molecule is CCOC(=O)C(F)(F)[C@H](N)c1cccn1C.Cl. The molecule has 0 aliphatic carbocycles. The first-order chi connectivity index (χ1) is 7.41. The Hall–Kier alpha value is -1.14. The monoisotopic (exact) mass is 268 g/mol. The molecule has 1 aromatic heterocycles. The second kappa shape index (κ2) is 5.97. The number of carbonyl (C=O) groups excluding carboxylic acids is 1. The Morgan fingerprint density at radius 1 is 1.65 bits per heavy atom. The summed E-state index contributed by atoms with van der Waals surface area (Å²) in [4.78, 5) is 11.1. The van der Waals surface area contributed by atoms with Gasteiger partial charge in [-0.25, -0.2) is 4.79 Å². The molecule has 0 spiro atoms. The van der Waals surface area contributed by atoms with Gasteiger partial charge in [-0.3, -0.25) is 0 Å². The number of aromatic nitrogens is 1. The number of nitrogens with zero attached hydrogens (tertiary/aromatic N) is 1. The van der Waals surface area contributed by atoms with Gasteiger partial charge in [0.2, 0.25) is 0 Å². The van der Waals surface area contributed by atoms with Gasteiger partial charge in [0.1, 0.15) is 6.04 Å². The van der Waals surface area contributed by atoms with E-state index in [-0.39, 0.29) is 24.7 Å². The fraction of sp³-hybridized carbons (Fsp3) is 0.500. The van der Waals surface area contributed by atoms with Crippen LogP contribution in [0.5, 0.6) is 0 Å². The number of hydrogen-bond acceptors (Lipinski definition) is 3. The molecule has 0 saturated carbocycles. The second-order valence-corrected chi connectivity index (χ2v) is 3.37. The van der Waals surface area contributed by atoms with Crippen molar-refractivity contribution in [3.8, 4) is 0 Å². The fourth-order valence-electron chi connectivity index (χ4n) is 1.34. The lowest BCUT2D eigenvalue weighted by Gasteiger charge is -2.22. The molecule has 1 heterocycles. The highest BCUT2D eigenvalue weighted by Gasteiger charge is 2.48. The third kappa shape index (κ3) is 3.17. The van der Waals surface area contributed by atoms with Gasteiger partial charge in [0.25, 0.3) is 0 Å². The topological polar surface area (TPSA) is 57.2 Å². The molecule has 0 aliphatic heterocycles. The zero-order valence-corrected chi connectivity index (χ0v) is 10.3. The summed E-state index contributed by atoms with van der Waals surface area (Å²) in [6.45, 7) is 1.36. The molecule has 17 heavy (non-hydrogen) atoms. The second-order valence-electron chi connectivity index (χ2n) is 3.37. The van der Waals surface area contributed by atoms with E-state index < -0.39 is 17.9 Å². The molecule has 0 bridgehead atoms. The van der Waals surface area contributed by atoms with Gasteiger partial charge >= 0.3 is 11.9 Å². The van der Waals surface area contributed by atoms with Crippen LogP contribution in [0.25, 0.3) is 0 Å². The lowest BCUT2D eigenvalue weighted by atomic mass is 10.1. The summed E-state index contributed by atoms with van der Waals surface area (Å²) >= 11 is 0. The van der Waals surface area contributed by atoms with Crippen LogP contribution in [0.3, 0.4) is 0 Å². The molecule has 98 valence electrons. The number of nitrogens with two attached hydrogens (primary N) is 1. The number of hydrogen-bond donors (Lipinski definition) is 1. The van der Waals surface area contributed by atoms with Crippen molar-refractivity contribution in [2.45, 2.75) is 18.9 Å². The molecule has 1 aromatic rings. The molecule has 2 N–H and O–H groups in total. The fourth-order valence-corrected chi connectivity index (χ4v) is 1.34. The number of alkyl halides is 2. The largest absolute Gasteiger partial charge is 0.462 e. The van der Waals surface area contributed by atoms with Gasteiger partial charge in [0, 0.05) is 18.9 Å². The molecule has 0 fully saturated rings. The van der Waals surface area contributed by atoms with Crippen molar-refractivity contribution >= 4 is 18.4 Å². The lowest BCUT2D eigenvalue weighted by Crippen LogP contribution is -2.42. The first kappa shape index (κ1) is 15.9. The maximum Gasteiger partial charge on any atom is 0.379 e. The van der Waals surface area contributed by atoms with E-state index in [0.29, 0.717) is 0 Å². The summed E-state index contributed by atoms with van der Waals surface area (Å²) < 4.78 is 32.8. The van der Waals surface area contributed by atoms with E-state index in [0.717, 1.165) is 0 Å². The molecule has 0 aliphatic rings. The molecule has 4 nitrogen and oxygen atoms in total. The van der Waals surface area contributed by atoms with E-state index in [4.69, 9.17) is 5.73 Å². The number of halogens is 3. The zero-order valence-electron chi connectivity index (χ0n) is 9.52. The molecule has 0 unspecified atom stereocenters. The minimum atomic E-state index is -3.72. The van der Waals surface area contributed by atoms with E-state index in [2.05, 4.69) is 4.74 Å². The van der Waals surface area contributed by atoms with Crippen LogP contribution in [0.4, 0.5) is 8.78 Å². The van der Waals surface area contributed by atoms with E-state index in [1.165, 1.54) is 17.6 Å². The summed E-state index contributed by atoms with van der Waals surface area (Å²) in [6.07, 6.45) is 1.58. The summed E-state index contributed by atoms with van der Waals surface area (Å²) in [5, 5.41) is 0. The van der Waals surface area contributed by atoms with Gasteiger partial charge in [-0.15, -0.1) is 12.4 Å². The minimum absolute atomic E-state index is 0. The van der Waals surface area contributed by atoms with Crippen molar-refractivity contribution in [1.29, 1.82) is 0 Å². The summed E-state index contributed by atoms with van der Waals surface area (Å²) in [6, 6.07) is 1.32. The Morgan fingerprint density at radius 2 is 2.24 bits per heavy atom. The normalized spacial score (nSPS) is 12.8. The van der Waals surface area contributed by atoms with E-state index in [1.54, 1.807) is 19.3 Å². The standard InChI is InChI=1S/C10H14F2N2O2.ClH/c1-3-16-9(15)10(11,12)8(13)7-5-4-6-14(7)2;/h4-6,8H,3,13H2,1-2H3;1H/t8-;/m1./s1. The van der Waals surface area contributed by atoms with E-state index in [1.807, 2.05) is 0 Å². The molecule has 0 aromatic carbocycles. The van der Waals surface area contributed by atoms with Crippen LogP contribution in [-0.4, -0.2) is 23.1 Å². The smallest absolute Gasteiger partial charge is 0.379 e. The van der Waals surface area contributed by atoms with Crippen LogP contribution in [0, 0.1) is 0 Å². The van der Waals surface area contributed by atoms with Crippen molar-refractivity contribution in [2.75, 3.05) is 6.61 Å². The number of aryl methyl sites for hydroxylation is 1. The quantitative estimate of drug-likeness (QED) is 0.845. The minimum Gasteiger partial charge on any atom is -0.462 e. The molecule has 1 atom stereocenters. The van der Waals surface area contributed by atoms with Crippen LogP contribution < -0.4 is 5.73 Å². The van der Waals surface area contributed by atoms with Crippen LogP contribution in [0.1, 0.15) is 18.7 Å². The van der Waals surface area contributed by atoms with Gasteiger partial charge in [-0.05, 0) is 19.1 Å². The maximum atomic E-state index is 13.5. The van der Waals surface area contributed by atoms with Crippen LogP contribution in [0.2, 0.25) is 0 Å². The van der Waals surface area contributed by atoms with Crippen molar-refractivity contribution in [3.63, 3.8) is 0 Å². The molecule has 0 amide bonds. The molecular formula is C10H15ClF2N2O2. The van der Waals surface area contributed by atoms with Gasteiger partial charge in [-0.2, -0.15) is 8.78 Å². The average molecular weight is 269 g/mol. The Labute approximate surface area is 104 Å². The number of ether oxygens (including phenoxy) is 1. The molecule has 0 saturated heterocycles. The highest BCUT2D eigenvalue weighted by molar-refractivity contribution is 5.85. The van der Waals surface area contributed by atoms with E-state index in [9.17, 15) is 13.6 Å². The Bertz CT molecular complexity index is 382. The van der Waals surface area contributed by atoms with Crippen molar-refractivity contribution in [1.82, 2.24) is 4.57 Å². The van der Waals surface area contributed by atoms with Crippen LogP contribution in [0.15, 0.2) is 18.3 Å². The third-order valence-corrected chi connectivity index (χ3v) is 2.24. The van der Waals surface area contributed by atoms with Crippen LogP contribution >= 0.6 is 12.4 Å². The lowest BCUT2D eigenvalue weighted by molar-refractivity contribution is -0.175. The summed E-state index contributed by atoms with van der Waals surface area (Å²) in [7, 11) is 1.58. The first-order valence-electron chi connectivity index (χ1n) is 4.83. The zero-order chi connectivity index (χ0) is 12.3. The molecular weight excluding hydrogens is 254 g/mol. The number of esters is 1. The molecule has 0 radical (unpaired) electrons. The Kier molecular flexibility index (Phi) is 5.57. The van der Waals surface area contributed by atoms with Gasteiger partial charge in [-0.1, -0.05) is 0 Å². The Balaban J connectivity index is 0.00000256. The first-order valence-corrected chi connectivity index (χ1v) is 4.83. The third-order valence-electron chi connectivity index (χ3n) is 2.24. The predicted octanol–water partition coefficient (Wildman–Crippen LogP) is 1.65. The summed E-state index contributed by atoms with van der Waals surface area (Å²) in [5.74, 6) is -5.31. The van der Waals surface area contributed by atoms with Crippen molar-refractivity contribution < 1.29 is 18.3 Å². The predicted molar refractivity (Wildman–Crippen MR) is 61.2 cm³/mol. The number of carbonyl (C=O) groups is 1. The highest BCUT2D eigenvalue weighted by Crippen LogP contribution is 2.30. The van der Waals surface area contributed by atoms with Crippen molar-refractivity contribution in [2.24, 2.45) is 12.8 Å². The maximum absolute atomic E-state index is 13.5.